The van der Waals surface area contributed by atoms with Crippen molar-refractivity contribution in [3.05, 3.63) is 34.4 Å². The molecular formula is C12H10Cl2O2S. The molecule has 5 heteroatoms. The van der Waals surface area contributed by atoms with Gasteiger partial charge < -0.3 is 4.74 Å². The lowest BCUT2D eigenvalue weighted by Gasteiger charge is -2.23. The predicted octanol–water partition coefficient (Wildman–Crippen LogP) is 3.96. The van der Waals surface area contributed by atoms with Crippen LogP contribution in [0.15, 0.2) is 28.7 Å². The van der Waals surface area contributed by atoms with Crippen LogP contribution in [0.25, 0.3) is 5.03 Å². The number of carbonyl (C=O) groups is 1. The Balaban J connectivity index is 2.59. The number of rotatable bonds is 1. The van der Waals surface area contributed by atoms with E-state index in [-0.39, 0.29) is 11.2 Å². The molecular weight excluding hydrogens is 279 g/mol. The Hall–Kier alpha value is -0.640. The molecule has 1 atom stereocenters. The van der Waals surface area contributed by atoms with Gasteiger partial charge in [0.1, 0.15) is 0 Å². The van der Waals surface area contributed by atoms with Crippen LogP contribution < -0.4 is 0 Å². The highest BCUT2D eigenvalue weighted by Gasteiger charge is 2.29. The van der Waals surface area contributed by atoms with E-state index in [4.69, 9.17) is 27.9 Å². The van der Waals surface area contributed by atoms with Crippen LogP contribution in [0.2, 0.25) is 5.02 Å². The predicted molar refractivity (Wildman–Crippen MR) is 71.6 cm³/mol. The summed E-state index contributed by atoms with van der Waals surface area (Å²) in [6.45, 7) is 1.93. The highest BCUT2D eigenvalue weighted by atomic mass is 35.5. The first kappa shape index (κ1) is 12.8. The Morgan fingerprint density at radius 3 is 2.76 bits per heavy atom. The van der Waals surface area contributed by atoms with Gasteiger partial charge in [0, 0.05) is 20.7 Å². The Morgan fingerprint density at radius 2 is 2.12 bits per heavy atom. The molecule has 1 heterocycles. The second kappa shape index (κ2) is 4.92. The molecule has 0 radical (unpaired) electrons. The average Bonchev–Trinajstić information content (AvgIpc) is 2.30. The second-order valence-electron chi connectivity index (χ2n) is 3.62. The summed E-state index contributed by atoms with van der Waals surface area (Å²) in [5.41, 5.74) is 1.29. The van der Waals surface area contributed by atoms with Gasteiger partial charge in [-0.2, -0.15) is 0 Å². The number of fused-ring (bicyclic) bond motifs is 1. The van der Waals surface area contributed by atoms with Crippen molar-refractivity contribution < 1.29 is 9.53 Å². The van der Waals surface area contributed by atoms with E-state index in [1.807, 2.05) is 19.1 Å². The highest BCUT2D eigenvalue weighted by Crippen LogP contribution is 2.44. The number of ether oxygens (including phenoxy) is 1. The standard InChI is InChI=1S/C12H10Cl2O2S/c1-6-10(12(15)16-2)11(14)8-5-7(13)3-4-9(8)17-6/h3-6H,1-2H3. The molecule has 0 saturated heterocycles. The average molecular weight is 289 g/mol. The van der Waals surface area contributed by atoms with E-state index >= 15 is 0 Å². The van der Waals surface area contributed by atoms with Gasteiger partial charge in [0.25, 0.3) is 0 Å². The molecule has 0 aromatic heterocycles. The molecule has 1 aromatic carbocycles. The van der Waals surface area contributed by atoms with Crippen LogP contribution in [0.3, 0.4) is 0 Å². The number of esters is 1. The largest absolute Gasteiger partial charge is 0.466 e. The van der Waals surface area contributed by atoms with E-state index in [1.165, 1.54) is 7.11 Å². The smallest absolute Gasteiger partial charge is 0.336 e. The van der Waals surface area contributed by atoms with Crippen molar-refractivity contribution in [3.8, 4) is 0 Å². The van der Waals surface area contributed by atoms with Crippen LogP contribution in [-0.4, -0.2) is 18.3 Å². The van der Waals surface area contributed by atoms with Gasteiger partial charge in [0.05, 0.1) is 17.7 Å². The normalized spacial score (nSPS) is 18.9. The third kappa shape index (κ3) is 2.32. The van der Waals surface area contributed by atoms with Crippen molar-refractivity contribution in [1.82, 2.24) is 0 Å². The molecule has 0 saturated carbocycles. The lowest BCUT2D eigenvalue weighted by molar-refractivity contribution is -0.136. The second-order valence-corrected chi connectivity index (χ2v) is 5.82. The maximum absolute atomic E-state index is 11.7. The summed E-state index contributed by atoms with van der Waals surface area (Å²) < 4.78 is 4.75. The lowest BCUT2D eigenvalue weighted by atomic mass is 10.1. The lowest BCUT2D eigenvalue weighted by Crippen LogP contribution is -2.18. The highest BCUT2D eigenvalue weighted by molar-refractivity contribution is 8.00. The number of hydrogen-bond acceptors (Lipinski definition) is 3. The van der Waals surface area contributed by atoms with Gasteiger partial charge in [0.2, 0.25) is 0 Å². The maximum Gasteiger partial charge on any atom is 0.336 e. The summed E-state index contributed by atoms with van der Waals surface area (Å²) in [5, 5.41) is 1.01. The molecule has 1 aromatic rings. The molecule has 0 amide bonds. The molecule has 2 nitrogen and oxygen atoms in total. The van der Waals surface area contributed by atoms with Crippen molar-refractivity contribution in [3.63, 3.8) is 0 Å². The quantitative estimate of drug-likeness (QED) is 0.732. The number of carbonyl (C=O) groups excluding carboxylic acids is 1. The zero-order valence-corrected chi connectivity index (χ0v) is 11.6. The summed E-state index contributed by atoms with van der Waals surface area (Å²) in [6, 6.07) is 5.49. The molecule has 0 fully saturated rings. The summed E-state index contributed by atoms with van der Waals surface area (Å²) in [7, 11) is 1.35. The molecule has 90 valence electrons. The van der Waals surface area contributed by atoms with E-state index in [1.54, 1.807) is 17.8 Å². The van der Waals surface area contributed by atoms with Crippen LogP contribution in [0.5, 0.6) is 0 Å². The van der Waals surface area contributed by atoms with Crippen LogP contribution >= 0.6 is 35.0 Å². The minimum absolute atomic E-state index is 0.0244. The first-order valence-corrected chi connectivity index (χ1v) is 6.62. The Labute approximate surface area is 114 Å². The molecule has 1 aliphatic heterocycles. The Kier molecular flexibility index (Phi) is 3.71. The van der Waals surface area contributed by atoms with Crippen molar-refractivity contribution in [2.45, 2.75) is 17.1 Å². The summed E-state index contributed by atoms with van der Waals surface area (Å²) in [4.78, 5) is 12.7. The van der Waals surface area contributed by atoms with Gasteiger partial charge >= 0.3 is 5.97 Å². The molecule has 0 N–H and O–H groups in total. The van der Waals surface area contributed by atoms with E-state index in [0.29, 0.717) is 15.6 Å². The van der Waals surface area contributed by atoms with E-state index in [0.717, 1.165) is 10.5 Å². The minimum Gasteiger partial charge on any atom is -0.466 e. The monoisotopic (exact) mass is 288 g/mol. The number of thioether (sulfide) groups is 1. The summed E-state index contributed by atoms with van der Waals surface area (Å²) in [5.74, 6) is -0.388. The third-order valence-electron chi connectivity index (χ3n) is 2.53. The number of halogens is 2. The first-order valence-electron chi connectivity index (χ1n) is 4.99. The fraction of sp³-hybridized carbons (Fsp3) is 0.250. The van der Waals surface area contributed by atoms with Crippen LogP contribution in [0, 0.1) is 0 Å². The van der Waals surface area contributed by atoms with E-state index < -0.39 is 0 Å². The fourth-order valence-corrected chi connectivity index (χ4v) is 3.55. The molecule has 1 aliphatic rings. The van der Waals surface area contributed by atoms with Crippen LogP contribution in [0.4, 0.5) is 0 Å². The van der Waals surface area contributed by atoms with Gasteiger partial charge in [0.15, 0.2) is 0 Å². The SMILES string of the molecule is COC(=O)C1=C(Cl)c2cc(Cl)ccc2SC1C. The van der Waals surface area contributed by atoms with Crippen molar-refractivity contribution in [2.75, 3.05) is 7.11 Å². The number of hydrogen-bond donors (Lipinski definition) is 0. The van der Waals surface area contributed by atoms with Gasteiger partial charge in [-0.1, -0.05) is 23.2 Å². The third-order valence-corrected chi connectivity index (χ3v) is 4.37. The zero-order valence-electron chi connectivity index (χ0n) is 9.29. The summed E-state index contributed by atoms with van der Waals surface area (Å²) >= 11 is 13.8. The molecule has 0 aliphatic carbocycles. The summed E-state index contributed by atoms with van der Waals surface area (Å²) in [6.07, 6.45) is 0. The zero-order chi connectivity index (χ0) is 12.6. The Morgan fingerprint density at radius 1 is 1.41 bits per heavy atom. The van der Waals surface area contributed by atoms with Gasteiger partial charge in [-0.05, 0) is 25.1 Å². The molecule has 0 spiro atoms. The molecule has 2 rings (SSSR count). The molecule has 0 bridgehead atoms. The number of methoxy groups -OCH3 is 1. The fourth-order valence-electron chi connectivity index (χ4n) is 1.71. The van der Waals surface area contributed by atoms with Gasteiger partial charge in [-0.15, -0.1) is 11.8 Å². The first-order chi connectivity index (χ1) is 8.04. The van der Waals surface area contributed by atoms with Crippen LogP contribution in [-0.2, 0) is 9.53 Å². The molecule has 1 unspecified atom stereocenters. The van der Waals surface area contributed by atoms with Crippen LogP contribution in [0.1, 0.15) is 12.5 Å². The topological polar surface area (TPSA) is 26.3 Å². The van der Waals surface area contributed by atoms with E-state index in [9.17, 15) is 4.79 Å². The van der Waals surface area contributed by atoms with Crippen molar-refractivity contribution >= 4 is 46.0 Å². The number of benzene rings is 1. The maximum atomic E-state index is 11.7. The molecule has 17 heavy (non-hydrogen) atoms. The Bertz CT molecular complexity index is 511. The van der Waals surface area contributed by atoms with Crippen molar-refractivity contribution in [2.24, 2.45) is 0 Å². The minimum atomic E-state index is -0.388. The van der Waals surface area contributed by atoms with Crippen molar-refractivity contribution in [1.29, 1.82) is 0 Å². The van der Waals surface area contributed by atoms with E-state index in [2.05, 4.69) is 0 Å². The van der Waals surface area contributed by atoms with Gasteiger partial charge in [-0.25, -0.2) is 4.79 Å². The van der Waals surface area contributed by atoms with Gasteiger partial charge in [-0.3, -0.25) is 0 Å².